The summed E-state index contributed by atoms with van der Waals surface area (Å²) < 4.78 is 0.547. The number of nitrogens with one attached hydrogen (secondary N) is 1. The van der Waals surface area contributed by atoms with Gasteiger partial charge in [0.25, 0.3) is 0 Å². The van der Waals surface area contributed by atoms with Crippen LogP contribution in [0.3, 0.4) is 0 Å². The maximum Gasteiger partial charge on any atom is 0.336 e. The fourth-order valence-electron chi connectivity index (χ4n) is 2.20. The molecule has 0 fully saturated rings. The lowest BCUT2D eigenvalue weighted by Crippen LogP contribution is -1.98. The van der Waals surface area contributed by atoms with Crippen LogP contribution in [0.5, 0.6) is 0 Å². The number of benzene rings is 2. The third kappa shape index (κ3) is 4.98. The smallest absolute Gasteiger partial charge is 0.336 e. The molecule has 25 heavy (non-hydrogen) atoms. The van der Waals surface area contributed by atoms with Gasteiger partial charge in [-0.2, -0.15) is 0 Å². The fraction of sp³-hybridized carbons (Fsp3) is 0.111. The molecule has 0 aliphatic heterocycles. The van der Waals surface area contributed by atoms with Gasteiger partial charge in [-0.1, -0.05) is 35.9 Å². The van der Waals surface area contributed by atoms with Crippen LogP contribution in [0.15, 0.2) is 59.6 Å². The van der Waals surface area contributed by atoms with E-state index in [1.54, 1.807) is 18.3 Å². The molecule has 1 heterocycles. The van der Waals surface area contributed by atoms with Crippen molar-refractivity contribution in [2.75, 3.05) is 5.32 Å². The van der Waals surface area contributed by atoms with Gasteiger partial charge in [-0.3, -0.25) is 0 Å². The van der Waals surface area contributed by atoms with Gasteiger partial charge in [0.15, 0.2) is 4.47 Å². The van der Waals surface area contributed by atoms with Gasteiger partial charge in [0.05, 0.1) is 12.1 Å². The summed E-state index contributed by atoms with van der Waals surface area (Å²) in [6, 6.07) is 15.2. The van der Waals surface area contributed by atoms with Crippen molar-refractivity contribution < 1.29 is 9.90 Å². The number of anilines is 1. The number of thiazole rings is 1. The number of hydrogen-bond acceptors (Lipinski definition) is 5. The Morgan fingerprint density at radius 3 is 2.64 bits per heavy atom. The van der Waals surface area contributed by atoms with Crippen LogP contribution in [0.25, 0.3) is 0 Å². The molecule has 0 amide bonds. The molecule has 3 aromatic rings. The number of aromatic nitrogens is 1. The van der Waals surface area contributed by atoms with E-state index in [4.69, 9.17) is 11.6 Å². The van der Waals surface area contributed by atoms with E-state index >= 15 is 0 Å². The molecule has 0 radical (unpaired) electrons. The Morgan fingerprint density at radius 1 is 1.20 bits per heavy atom. The zero-order valence-corrected chi connectivity index (χ0v) is 15.5. The summed E-state index contributed by atoms with van der Waals surface area (Å²) in [4.78, 5) is 17.1. The average Bonchev–Trinajstić information content (AvgIpc) is 3.04. The Kier molecular flexibility index (Phi) is 5.96. The van der Waals surface area contributed by atoms with Crippen LogP contribution in [-0.4, -0.2) is 16.1 Å². The molecule has 3 rings (SSSR count). The van der Waals surface area contributed by atoms with E-state index in [1.165, 1.54) is 23.1 Å². The second kappa shape index (κ2) is 8.38. The zero-order valence-electron chi connectivity index (χ0n) is 13.1. The molecular formula is C18H15ClN2O2S2. The zero-order chi connectivity index (χ0) is 17.6. The molecule has 0 saturated heterocycles. The summed E-state index contributed by atoms with van der Waals surface area (Å²) in [6.07, 6.45) is 1.77. The van der Waals surface area contributed by atoms with Crippen LogP contribution in [0, 0.1) is 0 Å². The fourth-order valence-corrected chi connectivity index (χ4v) is 4.12. The Morgan fingerprint density at radius 2 is 1.96 bits per heavy atom. The van der Waals surface area contributed by atoms with E-state index in [-0.39, 0.29) is 0 Å². The standard InChI is InChI=1S/C18H15ClN2O2S2/c19-18-21-10-14(25-18)9-20-13-7-5-12(6-8-13)11-24-16-4-2-1-3-15(16)17(22)23/h1-8,10,20H,9,11H2,(H,22,23). The summed E-state index contributed by atoms with van der Waals surface area (Å²) in [7, 11) is 0. The summed E-state index contributed by atoms with van der Waals surface area (Å²) in [5, 5.41) is 12.5. The SMILES string of the molecule is O=C(O)c1ccccc1SCc1ccc(NCc2cnc(Cl)s2)cc1. The van der Waals surface area contributed by atoms with Crippen LogP contribution in [0.4, 0.5) is 5.69 Å². The monoisotopic (exact) mass is 390 g/mol. The van der Waals surface area contributed by atoms with Gasteiger partial charge in [-0.25, -0.2) is 9.78 Å². The number of hydrogen-bond donors (Lipinski definition) is 2. The van der Waals surface area contributed by atoms with Crippen molar-refractivity contribution in [3.63, 3.8) is 0 Å². The lowest BCUT2D eigenvalue weighted by Gasteiger charge is -2.08. The van der Waals surface area contributed by atoms with Crippen molar-refractivity contribution in [2.45, 2.75) is 17.2 Å². The highest BCUT2D eigenvalue weighted by atomic mass is 35.5. The molecule has 0 atom stereocenters. The van der Waals surface area contributed by atoms with Gasteiger partial charge in [0, 0.05) is 27.4 Å². The largest absolute Gasteiger partial charge is 0.478 e. The van der Waals surface area contributed by atoms with Crippen LogP contribution in [0.1, 0.15) is 20.8 Å². The van der Waals surface area contributed by atoms with Crippen molar-refractivity contribution in [1.29, 1.82) is 0 Å². The lowest BCUT2D eigenvalue weighted by molar-refractivity contribution is 0.0693. The highest BCUT2D eigenvalue weighted by Gasteiger charge is 2.09. The second-order valence-electron chi connectivity index (χ2n) is 5.22. The molecule has 4 nitrogen and oxygen atoms in total. The molecule has 1 aromatic heterocycles. The van der Waals surface area contributed by atoms with Crippen molar-refractivity contribution in [3.8, 4) is 0 Å². The minimum atomic E-state index is -0.897. The maximum absolute atomic E-state index is 11.2. The number of halogens is 1. The van der Waals surface area contributed by atoms with E-state index in [9.17, 15) is 9.90 Å². The molecule has 7 heteroatoms. The van der Waals surface area contributed by atoms with E-state index < -0.39 is 5.97 Å². The minimum absolute atomic E-state index is 0.342. The van der Waals surface area contributed by atoms with Gasteiger partial charge in [0.1, 0.15) is 0 Å². The number of rotatable bonds is 7. The van der Waals surface area contributed by atoms with Crippen LogP contribution < -0.4 is 5.32 Å². The third-order valence-electron chi connectivity index (χ3n) is 3.46. The number of carboxylic acids is 1. The van der Waals surface area contributed by atoms with Crippen LogP contribution in [-0.2, 0) is 12.3 Å². The molecule has 0 aliphatic rings. The minimum Gasteiger partial charge on any atom is -0.478 e. The van der Waals surface area contributed by atoms with E-state index in [2.05, 4.69) is 10.3 Å². The predicted octanol–water partition coefficient (Wildman–Crippen LogP) is 5.40. The van der Waals surface area contributed by atoms with Gasteiger partial charge < -0.3 is 10.4 Å². The molecule has 2 aromatic carbocycles. The van der Waals surface area contributed by atoms with Crippen LogP contribution >= 0.6 is 34.7 Å². The first-order valence-electron chi connectivity index (χ1n) is 7.50. The Balaban J connectivity index is 1.57. The number of thioether (sulfide) groups is 1. The normalized spacial score (nSPS) is 10.6. The lowest BCUT2D eigenvalue weighted by atomic mass is 10.2. The van der Waals surface area contributed by atoms with Gasteiger partial charge in [0.2, 0.25) is 0 Å². The highest BCUT2D eigenvalue weighted by molar-refractivity contribution is 7.98. The molecule has 0 unspecified atom stereocenters. The molecule has 2 N–H and O–H groups in total. The molecular weight excluding hydrogens is 376 g/mol. The van der Waals surface area contributed by atoms with Gasteiger partial charge >= 0.3 is 5.97 Å². The quantitative estimate of drug-likeness (QED) is 0.529. The van der Waals surface area contributed by atoms with Gasteiger partial charge in [-0.15, -0.1) is 23.1 Å². The maximum atomic E-state index is 11.2. The van der Waals surface area contributed by atoms with Crippen LogP contribution in [0.2, 0.25) is 4.47 Å². The van der Waals surface area contributed by atoms with Crippen molar-refractivity contribution in [1.82, 2.24) is 4.98 Å². The first-order valence-corrected chi connectivity index (χ1v) is 9.68. The topological polar surface area (TPSA) is 62.2 Å². The number of carboxylic acid groups (broad SMARTS) is 1. The van der Waals surface area contributed by atoms with E-state index in [0.29, 0.717) is 16.6 Å². The van der Waals surface area contributed by atoms with Crippen molar-refractivity contribution >= 4 is 46.4 Å². The summed E-state index contributed by atoms with van der Waals surface area (Å²) in [5.41, 5.74) is 2.50. The first kappa shape index (κ1) is 17.8. The third-order valence-corrected chi connectivity index (χ3v) is 5.72. The summed E-state index contributed by atoms with van der Waals surface area (Å²) in [6.45, 7) is 0.685. The molecule has 0 aliphatic carbocycles. The van der Waals surface area contributed by atoms with Crippen molar-refractivity contribution in [3.05, 3.63) is 75.2 Å². The Hall–Kier alpha value is -2.02. The Bertz CT molecular complexity index is 866. The number of nitrogens with zero attached hydrogens (tertiary/aromatic N) is 1. The van der Waals surface area contributed by atoms with Crippen molar-refractivity contribution in [2.24, 2.45) is 0 Å². The Labute approximate surface area is 158 Å². The summed E-state index contributed by atoms with van der Waals surface area (Å²) >= 11 is 8.80. The molecule has 128 valence electrons. The molecule has 0 spiro atoms. The highest BCUT2D eigenvalue weighted by Crippen LogP contribution is 2.27. The predicted molar refractivity (Wildman–Crippen MR) is 104 cm³/mol. The number of carbonyl (C=O) groups is 1. The van der Waals surface area contributed by atoms with E-state index in [1.807, 2.05) is 36.4 Å². The second-order valence-corrected chi connectivity index (χ2v) is 7.93. The summed E-state index contributed by atoms with van der Waals surface area (Å²) in [5.74, 6) is -0.180. The van der Waals surface area contributed by atoms with Gasteiger partial charge in [-0.05, 0) is 29.8 Å². The van der Waals surface area contributed by atoms with E-state index in [0.717, 1.165) is 26.8 Å². The molecule has 0 saturated carbocycles. The number of aromatic carboxylic acids is 1. The first-order chi connectivity index (χ1) is 12.1. The average molecular weight is 391 g/mol. The molecule has 0 bridgehead atoms.